The normalized spacial score (nSPS) is 10.5. The lowest BCUT2D eigenvalue weighted by Gasteiger charge is -2.07. The molecule has 0 aliphatic heterocycles. The molecule has 0 bridgehead atoms. The summed E-state index contributed by atoms with van der Waals surface area (Å²) in [6, 6.07) is 7.22. The van der Waals surface area contributed by atoms with Crippen LogP contribution in [0.15, 0.2) is 24.3 Å². The number of aliphatic hydroxyl groups is 1. The molecule has 0 radical (unpaired) electrons. The Bertz CT molecular complexity index is 535. The summed E-state index contributed by atoms with van der Waals surface area (Å²) in [7, 11) is 1.77. The Hall–Kier alpha value is -2.01. The van der Waals surface area contributed by atoms with Crippen LogP contribution >= 0.6 is 0 Å². The number of hydrogen-bond acceptors (Lipinski definition) is 4. The Kier molecular flexibility index (Phi) is 3.01. The van der Waals surface area contributed by atoms with Gasteiger partial charge in [-0.3, -0.25) is 0 Å². The van der Waals surface area contributed by atoms with Crippen LogP contribution in [0.3, 0.4) is 0 Å². The lowest BCUT2D eigenvalue weighted by molar-refractivity contribution is 0.281. The molecular weight excluding hydrogens is 218 g/mol. The maximum Gasteiger partial charge on any atom is 0.241 e. The Morgan fingerprint density at radius 1 is 1.47 bits per heavy atom. The number of aliphatic hydroxyl groups excluding tert-OH is 1. The summed E-state index contributed by atoms with van der Waals surface area (Å²) in [6.07, 6.45) is 0. The average Bonchev–Trinajstić information content (AvgIpc) is 2.56. The molecule has 2 rings (SSSR count). The highest BCUT2D eigenvalue weighted by molar-refractivity contribution is 5.53. The number of nitrogens with two attached hydrogens (primary N) is 1. The van der Waals surface area contributed by atoms with E-state index in [0.717, 1.165) is 11.3 Å². The van der Waals surface area contributed by atoms with Crippen LogP contribution in [0.5, 0.6) is 11.6 Å². The third-order valence-corrected chi connectivity index (χ3v) is 2.51. The summed E-state index contributed by atoms with van der Waals surface area (Å²) in [4.78, 5) is 0. The highest BCUT2D eigenvalue weighted by Crippen LogP contribution is 2.29. The van der Waals surface area contributed by atoms with E-state index < -0.39 is 0 Å². The minimum Gasteiger partial charge on any atom is -0.437 e. The summed E-state index contributed by atoms with van der Waals surface area (Å²) >= 11 is 0. The summed E-state index contributed by atoms with van der Waals surface area (Å²) in [5.74, 6) is 1.14. The number of nitrogen functional groups attached to an aromatic ring is 1. The van der Waals surface area contributed by atoms with Crippen molar-refractivity contribution in [1.82, 2.24) is 9.78 Å². The third kappa shape index (κ3) is 2.24. The second-order valence-electron chi connectivity index (χ2n) is 3.84. The van der Waals surface area contributed by atoms with Gasteiger partial charge in [0, 0.05) is 7.05 Å². The van der Waals surface area contributed by atoms with Crippen LogP contribution in [0.2, 0.25) is 0 Å². The number of anilines is 1. The van der Waals surface area contributed by atoms with E-state index in [9.17, 15) is 0 Å². The minimum atomic E-state index is -0.0168. The zero-order valence-electron chi connectivity index (χ0n) is 9.84. The zero-order valence-corrected chi connectivity index (χ0v) is 9.84. The van der Waals surface area contributed by atoms with Crippen molar-refractivity contribution in [2.45, 2.75) is 13.5 Å². The SMILES string of the molecule is Cc1nn(C)c(Oc2cccc(CO)c2)c1N. The molecule has 1 heterocycles. The van der Waals surface area contributed by atoms with Gasteiger partial charge in [0.05, 0.1) is 12.3 Å². The van der Waals surface area contributed by atoms with Crippen molar-refractivity contribution in [1.29, 1.82) is 0 Å². The first kappa shape index (κ1) is 11.5. The molecule has 1 aromatic carbocycles. The molecule has 0 spiro atoms. The van der Waals surface area contributed by atoms with Crippen LogP contribution in [0.25, 0.3) is 0 Å². The van der Waals surface area contributed by atoms with Crippen molar-refractivity contribution in [3.63, 3.8) is 0 Å². The number of rotatable bonds is 3. The maximum absolute atomic E-state index is 9.04. The molecule has 1 aromatic heterocycles. The van der Waals surface area contributed by atoms with Gasteiger partial charge in [0.2, 0.25) is 5.88 Å². The van der Waals surface area contributed by atoms with Gasteiger partial charge in [-0.1, -0.05) is 12.1 Å². The van der Waals surface area contributed by atoms with E-state index in [0.29, 0.717) is 17.3 Å². The largest absolute Gasteiger partial charge is 0.437 e. The summed E-state index contributed by atoms with van der Waals surface area (Å²) in [5.41, 5.74) is 7.92. The topological polar surface area (TPSA) is 73.3 Å². The predicted octanol–water partition coefficient (Wildman–Crippen LogP) is 1.60. The first-order chi connectivity index (χ1) is 8.11. The monoisotopic (exact) mass is 233 g/mol. The van der Waals surface area contributed by atoms with E-state index in [1.54, 1.807) is 23.9 Å². The van der Waals surface area contributed by atoms with Gasteiger partial charge < -0.3 is 15.6 Å². The van der Waals surface area contributed by atoms with Crippen molar-refractivity contribution in [3.05, 3.63) is 35.5 Å². The lowest BCUT2D eigenvalue weighted by atomic mass is 10.2. The number of hydrogen-bond donors (Lipinski definition) is 2. The average molecular weight is 233 g/mol. The second-order valence-corrected chi connectivity index (χ2v) is 3.84. The maximum atomic E-state index is 9.04. The minimum absolute atomic E-state index is 0.0168. The molecule has 0 aliphatic carbocycles. The molecule has 0 amide bonds. The Balaban J connectivity index is 2.31. The van der Waals surface area contributed by atoms with Gasteiger partial charge in [0.25, 0.3) is 0 Å². The molecular formula is C12H15N3O2. The molecule has 0 aliphatic rings. The van der Waals surface area contributed by atoms with E-state index in [2.05, 4.69) is 5.10 Å². The van der Waals surface area contributed by atoms with Crippen molar-refractivity contribution in [2.24, 2.45) is 7.05 Å². The molecule has 0 unspecified atom stereocenters. The molecule has 17 heavy (non-hydrogen) atoms. The number of aromatic nitrogens is 2. The zero-order chi connectivity index (χ0) is 12.4. The van der Waals surface area contributed by atoms with Crippen LogP contribution in [0.1, 0.15) is 11.3 Å². The van der Waals surface area contributed by atoms with Gasteiger partial charge in [0.1, 0.15) is 11.4 Å². The summed E-state index contributed by atoms with van der Waals surface area (Å²) < 4.78 is 7.26. The van der Waals surface area contributed by atoms with E-state index >= 15 is 0 Å². The smallest absolute Gasteiger partial charge is 0.241 e. The molecule has 0 saturated carbocycles. The van der Waals surface area contributed by atoms with E-state index in [4.69, 9.17) is 15.6 Å². The highest BCUT2D eigenvalue weighted by Gasteiger charge is 2.12. The summed E-state index contributed by atoms with van der Waals surface area (Å²) in [5, 5.41) is 13.2. The van der Waals surface area contributed by atoms with Crippen molar-refractivity contribution >= 4 is 5.69 Å². The van der Waals surface area contributed by atoms with Crippen LogP contribution in [0, 0.1) is 6.92 Å². The number of nitrogens with zero attached hydrogens (tertiary/aromatic N) is 2. The fourth-order valence-electron chi connectivity index (χ4n) is 1.59. The molecule has 5 nitrogen and oxygen atoms in total. The molecule has 90 valence electrons. The first-order valence-corrected chi connectivity index (χ1v) is 5.28. The molecule has 5 heteroatoms. The van der Waals surface area contributed by atoms with Crippen LogP contribution in [-0.2, 0) is 13.7 Å². The summed E-state index contributed by atoms with van der Waals surface area (Å²) in [6.45, 7) is 1.81. The van der Waals surface area contributed by atoms with Crippen molar-refractivity contribution in [3.8, 4) is 11.6 Å². The van der Waals surface area contributed by atoms with Crippen LogP contribution in [0.4, 0.5) is 5.69 Å². The van der Waals surface area contributed by atoms with Crippen LogP contribution < -0.4 is 10.5 Å². The van der Waals surface area contributed by atoms with Gasteiger partial charge in [-0.25, -0.2) is 4.68 Å². The number of ether oxygens (including phenoxy) is 1. The Morgan fingerprint density at radius 3 is 2.82 bits per heavy atom. The fourth-order valence-corrected chi connectivity index (χ4v) is 1.59. The second kappa shape index (κ2) is 4.47. The van der Waals surface area contributed by atoms with E-state index in [-0.39, 0.29) is 6.61 Å². The molecule has 0 saturated heterocycles. The highest BCUT2D eigenvalue weighted by atomic mass is 16.5. The number of aryl methyl sites for hydroxylation is 2. The molecule has 0 atom stereocenters. The number of benzene rings is 1. The van der Waals surface area contributed by atoms with Gasteiger partial charge in [-0.05, 0) is 24.6 Å². The van der Waals surface area contributed by atoms with E-state index in [1.165, 1.54) is 0 Å². The van der Waals surface area contributed by atoms with Gasteiger partial charge in [-0.15, -0.1) is 0 Å². The molecule has 3 N–H and O–H groups in total. The lowest BCUT2D eigenvalue weighted by Crippen LogP contribution is -1.97. The first-order valence-electron chi connectivity index (χ1n) is 5.28. The van der Waals surface area contributed by atoms with E-state index in [1.807, 2.05) is 19.1 Å². The van der Waals surface area contributed by atoms with Gasteiger partial charge in [0.15, 0.2) is 0 Å². The van der Waals surface area contributed by atoms with Crippen molar-refractivity contribution in [2.75, 3.05) is 5.73 Å². The predicted molar refractivity (Wildman–Crippen MR) is 64.8 cm³/mol. The fraction of sp³-hybridized carbons (Fsp3) is 0.250. The third-order valence-electron chi connectivity index (χ3n) is 2.51. The van der Waals surface area contributed by atoms with Gasteiger partial charge in [-0.2, -0.15) is 5.10 Å². The Morgan fingerprint density at radius 2 is 2.24 bits per heavy atom. The quantitative estimate of drug-likeness (QED) is 0.844. The molecule has 0 fully saturated rings. The standard InChI is InChI=1S/C12H15N3O2/c1-8-11(13)12(15(2)14-8)17-10-5-3-4-9(6-10)7-16/h3-6,16H,7,13H2,1-2H3. The Labute approximate surface area is 99.4 Å². The molecule has 2 aromatic rings. The van der Waals surface area contributed by atoms with Crippen LogP contribution in [-0.4, -0.2) is 14.9 Å². The van der Waals surface area contributed by atoms with Crippen molar-refractivity contribution < 1.29 is 9.84 Å². The van der Waals surface area contributed by atoms with Gasteiger partial charge >= 0.3 is 0 Å².